The van der Waals surface area contributed by atoms with Crippen LogP contribution in [0.4, 0.5) is 0 Å². The van der Waals surface area contributed by atoms with Crippen LogP contribution in [0.25, 0.3) is 0 Å². The van der Waals surface area contributed by atoms with Gasteiger partial charge in [0.15, 0.2) is 5.89 Å². The Morgan fingerprint density at radius 2 is 2.27 bits per heavy atom. The molecule has 0 aromatic carbocycles. The summed E-state index contributed by atoms with van der Waals surface area (Å²) in [5, 5.41) is 0. The van der Waals surface area contributed by atoms with Crippen molar-refractivity contribution in [2.75, 3.05) is 6.61 Å². The van der Waals surface area contributed by atoms with Crippen LogP contribution in [0.3, 0.4) is 0 Å². The molecule has 0 unspecified atom stereocenters. The molecule has 0 bridgehead atoms. The fourth-order valence-electron chi connectivity index (χ4n) is 0.792. The number of rotatable bonds is 3. The predicted octanol–water partition coefficient (Wildman–Crippen LogP) is 0.724. The molecule has 2 N–H and O–H groups in total. The Bertz CT molecular complexity index is 213. The molecule has 0 radical (unpaired) electrons. The van der Waals surface area contributed by atoms with Crippen LogP contribution in [0.2, 0.25) is 0 Å². The van der Waals surface area contributed by atoms with Gasteiger partial charge in [-0.15, -0.1) is 0 Å². The molecule has 0 aliphatic heterocycles. The standard InChI is InChI=1S/C7H12N2O2/c1-5-6(2)11-7(9-5)3-4-10-8/h3-4,8H2,1-2H3. The molecule has 1 heterocycles. The highest BCUT2D eigenvalue weighted by atomic mass is 16.6. The third kappa shape index (κ3) is 2.03. The molecule has 11 heavy (non-hydrogen) atoms. The molecule has 62 valence electrons. The van der Waals surface area contributed by atoms with Gasteiger partial charge in [-0.3, -0.25) is 0 Å². The molecule has 0 amide bonds. The molecule has 0 saturated heterocycles. The summed E-state index contributed by atoms with van der Waals surface area (Å²) in [4.78, 5) is 8.54. The van der Waals surface area contributed by atoms with E-state index < -0.39 is 0 Å². The number of oxazole rings is 1. The Balaban J connectivity index is 2.58. The van der Waals surface area contributed by atoms with E-state index in [9.17, 15) is 0 Å². The lowest BCUT2D eigenvalue weighted by molar-refractivity contribution is 0.136. The van der Waals surface area contributed by atoms with Crippen LogP contribution in [-0.2, 0) is 11.3 Å². The summed E-state index contributed by atoms with van der Waals surface area (Å²) in [6.07, 6.45) is 0.630. The second-order valence-corrected chi connectivity index (χ2v) is 2.37. The number of nitrogens with two attached hydrogens (primary N) is 1. The third-order valence-electron chi connectivity index (χ3n) is 1.51. The van der Waals surface area contributed by atoms with E-state index in [1.807, 2.05) is 13.8 Å². The zero-order valence-electron chi connectivity index (χ0n) is 6.76. The fraction of sp³-hybridized carbons (Fsp3) is 0.571. The molecule has 0 atom stereocenters. The molecule has 4 nitrogen and oxygen atoms in total. The smallest absolute Gasteiger partial charge is 0.196 e. The second-order valence-electron chi connectivity index (χ2n) is 2.37. The van der Waals surface area contributed by atoms with E-state index in [1.54, 1.807) is 0 Å². The van der Waals surface area contributed by atoms with Crippen molar-refractivity contribution in [3.63, 3.8) is 0 Å². The summed E-state index contributed by atoms with van der Waals surface area (Å²) in [6, 6.07) is 0. The fourth-order valence-corrected chi connectivity index (χ4v) is 0.792. The van der Waals surface area contributed by atoms with Crippen molar-refractivity contribution in [2.24, 2.45) is 5.90 Å². The van der Waals surface area contributed by atoms with E-state index in [4.69, 9.17) is 10.3 Å². The summed E-state index contributed by atoms with van der Waals surface area (Å²) in [5.74, 6) is 6.40. The van der Waals surface area contributed by atoms with Crippen molar-refractivity contribution in [3.8, 4) is 0 Å². The van der Waals surface area contributed by atoms with Crippen LogP contribution in [0, 0.1) is 13.8 Å². The van der Waals surface area contributed by atoms with Crippen molar-refractivity contribution >= 4 is 0 Å². The molecule has 0 aliphatic carbocycles. The van der Waals surface area contributed by atoms with Crippen LogP contribution in [0.5, 0.6) is 0 Å². The first-order valence-electron chi connectivity index (χ1n) is 3.48. The number of nitrogens with zero attached hydrogens (tertiary/aromatic N) is 1. The quantitative estimate of drug-likeness (QED) is 0.655. The Morgan fingerprint density at radius 3 is 2.73 bits per heavy atom. The molecule has 1 aromatic heterocycles. The monoisotopic (exact) mass is 156 g/mol. The van der Waals surface area contributed by atoms with Gasteiger partial charge in [-0.25, -0.2) is 10.9 Å². The Morgan fingerprint density at radius 1 is 1.55 bits per heavy atom. The maximum atomic E-state index is 5.27. The molecular formula is C7H12N2O2. The first-order valence-corrected chi connectivity index (χ1v) is 3.48. The van der Waals surface area contributed by atoms with Crippen molar-refractivity contribution in [1.82, 2.24) is 4.98 Å². The van der Waals surface area contributed by atoms with E-state index >= 15 is 0 Å². The molecule has 0 aliphatic rings. The Kier molecular flexibility index (Phi) is 2.62. The summed E-state index contributed by atoms with van der Waals surface area (Å²) in [6.45, 7) is 4.24. The number of aromatic nitrogens is 1. The van der Waals surface area contributed by atoms with Crippen LogP contribution < -0.4 is 5.90 Å². The number of hydrogen-bond acceptors (Lipinski definition) is 4. The van der Waals surface area contributed by atoms with Gasteiger partial charge in [-0.2, -0.15) is 0 Å². The third-order valence-corrected chi connectivity index (χ3v) is 1.51. The van der Waals surface area contributed by atoms with Crippen molar-refractivity contribution in [3.05, 3.63) is 17.3 Å². The zero-order chi connectivity index (χ0) is 8.27. The Hall–Kier alpha value is -0.870. The maximum Gasteiger partial charge on any atom is 0.196 e. The van der Waals surface area contributed by atoms with E-state index in [0.717, 1.165) is 11.5 Å². The lowest BCUT2D eigenvalue weighted by atomic mass is 10.4. The van der Waals surface area contributed by atoms with E-state index in [-0.39, 0.29) is 0 Å². The van der Waals surface area contributed by atoms with Crippen molar-refractivity contribution < 1.29 is 9.25 Å². The van der Waals surface area contributed by atoms with Gasteiger partial charge in [0.05, 0.1) is 12.3 Å². The van der Waals surface area contributed by atoms with Gasteiger partial charge in [-0.1, -0.05) is 0 Å². The zero-order valence-corrected chi connectivity index (χ0v) is 6.76. The highest BCUT2D eigenvalue weighted by Gasteiger charge is 2.03. The van der Waals surface area contributed by atoms with E-state index in [0.29, 0.717) is 18.9 Å². The number of hydrogen-bond donors (Lipinski definition) is 1. The highest BCUT2D eigenvalue weighted by molar-refractivity contribution is 5.05. The maximum absolute atomic E-state index is 5.27. The molecule has 0 fully saturated rings. The average molecular weight is 156 g/mol. The molecule has 0 spiro atoms. The molecule has 4 heteroatoms. The van der Waals surface area contributed by atoms with Crippen molar-refractivity contribution in [1.29, 1.82) is 0 Å². The SMILES string of the molecule is Cc1nc(CCON)oc1C. The molecule has 0 saturated carbocycles. The second kappa shape index (κ2) is 3.50. The van der Waals surface area contributed by atoms with Crippen LogP contribution in [-0.4, -0.2) is 11.6 Å². The normalized spacial score (nSPS) is 10.5. The minimum Gasteiger partial charge on any atom is -0.446 e. The van der Waals surface area contributed by atoms with Gasteiger partial charge in [0.2, 0.25) is 0 Å². The van der Waals surface area contributed by atoms with Crippen LogP contribution in [0.15, 0.2) is 4.42 Å². The van der Waals surface area contributed by atoms with Gasteiger partial charge >= 0.3 is 0 Å². The van der Waals surface area contributed by atoms with E-state index in [2.05, 4.69) is 9.82 Å². The van der Waals surface area contributed by atoms with Crippen LogP contribution >= 0.6 is 0 Å². The predicted molar refractivity (Wildman–Crippen MR) is 39.8 cm³/mol. The average Bonchev–Trinajstić information content (AvgIpc) is 2.28. The van der Waals surface area contributed by atoms with Crippen LogP contribution in [0.1, 0.15) is 17.3 Å². The summed E-state index contributed by atoms with van der Waals surface area (Å²) >= 11 is 0. The van der Waals surface area contributed by atoms with Gasteiger partial charge in [0.1, 0.15) is 5.76 Å². The molecule has 1 aromatic rings. The lowest BCUT2D eigenvalue weighted by Gasteiger charge is -1.91. The molecule has 1 rings (SSSR count). The molecular weight excluding hydrogens is 144 g/mol. The van der Waals surface area contributed by atoms with Gasteiger partial charge in [0, 0.05) is 6.42 Å². The lowest BCUT2D eigenvalue weighted by Crippen LogP contribution is -2.03. The first-order chi connectivity index (χ1) is 5.24. The van der Waals surface area contributed by atoms with E-state index in [1.165, 1.54) is 0 Å². The van der Waals surface area contributed by atoms with Crippen molar-refractivity contribution in [2.45, 2.75) is 20.3 Å². The largest absolute Gasteiger partial charge is 0.446 e. The first kappa shape index (κ1) is 8.23. The topological polar surface area (TPSA) is 61.3 Å². The van der Waals surface area contributed by atoms with Gasteiger partial charge in [-0.05, 0) is 13.8 Å². The Labute approximate surface area is 65.3 Å². The highest BCUT2D eigenvalue weighted by Crippen LogP contribution is 2.08. The minimum atomic E-state index is 0.444. The number of aryl methyl sites for hydroxylation is 2. The van der Waals surface area contributed by atoms with Gasteiger partial charge in [0.25, 0.3) is 0 Å². The minimum absolute atomic E-state index is 0.444. The van der Waals surface area contributed by atoms with Gasteiger partial charge < -0.3 is 9.25 Å². The summed E-state index contributed by atoms with van der Waals surface area (Å²) in [5.41, 5.74) is 0.928. The summed E-state index contributed by atoms with van der Waals surface area (Å²) in [7, 11) is 0. The summed E-state index contributed by atoms with van der Waals surface area (Å²) < 4.78 is 5.27.